The molecule has 2 N–H and O–H groups in total. The third-order valence-corrected chi connectivity index (χ3v) is 6.21. The Morgan fingerprint density at radius 2 is 2.00 bits per heavy atom. The normalized spacial score (nSPS) is 15.6. The van der Waals surface area contributed by atoms with E-state index in [1.165, 1.54) is 28.8 Å². The molecular weight excluding hydrogens is 395 g/mol. The first-order valence-corrected chi connectivity index (χ1v) is 10.7. The summed E-state index contributed by atoms with van der Waals surface area (Å²) in [5, 5.41) is 13.2. The molecule has 4 rings (SSSR count). The molecule has 31 heavy (non-hydrogen) atoms. The topological polar surface area (TPSA) is 71.3 Å². The Balaban J connectivity index is 1.48. The SMILES string of the molecule is Cc1ccc(CCC(=O)N[C@H]2CCc3c(c4cc(F)ccc4n3CC(=O)O)C2)c(C)c1. The van der Waals surface area contributed by atoms with Crippen LogP contribution in [0.15, 0.2) is 36.4 Å². The Morgan fingerprint density at radius 3 is 2.74 bits per heavy atom. The maximum Gasteiger partial charge on any atom is 0.323 e. The van der Waals surface area contributed by atoms with Crippen molar-refractivity contribution in [1.82, 2.24) is 9.88 Å². The molecule has 0 saturated heterocycles. The number of hydrogen-bond acceptors (Lipinski definition) is 2. The van der Waals surface area contributed by atoms with Crippen LogP contribution in [-0.4, -0.2) is 27.6 Å². The van der Waals surface area contributed by atoms with E-state index in [9.17, 15) is 19.1 Å². The summed E-state index contributed by atoms with van der Waals surface area (Å²) in [6, 6.07) is 10.7. The molecule has 0 radical (unpaired) electrons. The molecule has 0 saturated carbocycles. The van der Waals surface area contributed by atoms with Gasteiger partial charge in [-0.05, 0) is 74.4 Å². The Labute approximate surface area is 180 Å². The Hall–Kier alpha value is -3.15. The first-order chi connectivity index (χ1) is 14.8. The van der Waals surface area contributed by atoms with Gasteiger partial charge in [0.15, 0.2) is 0 Å². The largest absolute Gasteiger partial charge is 0.480 e. The molecule has 162 valence electrons. The summed E-state index contributed by atoms with van der Waals surface area (Å²) in [4.78, 5) is 23.9. The first kappa shape index (κ1) is 21.1. The average molecular weight is 423 g/mol. The number of rotatable bonds is 6. The summed E-state index contributed by atoms with van der Waals surface area (Å²) in [5.41, 5.74) is 6.20. The predicted molar refractivity (Wildman–Crippen MR) is 118 cm³/mol. The maximum absolute atomic E-state index is 13.9. The lowest BCUT2D eigenvalue weighted by atomic mass is 9.91. The first-order valence-electron chi connectivity index (χ1n) is 10.7. The van der Waals surface area contributed by atoms with Gasteiger partial charge in [0.25, 0.3) is 0 Å². The smallest absolute Gasteiger partial charge is 0.323 e. The second-order valence-electron chi connectivity index (χ2n) is 8.50. The summed E-state index contributed by atoms with van der Waals surface area (Å²) in [7, 11) is 0. The van der Waals surface area contributed by atoms with Crippen LogP contribution in [0, 0.1) is 19.7 Å². The highest BCUT2D eigenvalue weighted by Gasteiger charge is 2.27. The molecule has 0 aliphatic heterocycles. The summed E-state index contributed by atoms with van der Waals surface area (Å²) in [5.74, 6) is -1.26. The van der Waals surface area contributed by atoms with Gasteiger partial charge in [-0.2, -0.15) is 0 Å². The van der Waals surface area contributed by atoms with Crippen molar-refractivity contribution in [3.63, 3.8) is 0 Å². The van der Waals surface area contributed by atoms with Gasteiger partial charge in [0.1, 0.15) is 12.4 Å². The van der Waals surface area contributed by atoms with Crippen LogP contribution in [0.2, 0.25) is 0 Å². The fourth-order valence-electron chi connectivity index (χ4n) is 4.74. The fraction of sp³-hybridized carbons (Fsp3) is 0.360. The predicted octanol–water partition coefficient (Wildman–Crippen LogP) is 4.09. The zero-order valence-corrected chi connectivity index (χ0v) is 17.9. The summed E-state index contributed by atoms with van der Waals surface area (Å²) in [6.07, 6.45) is 3.08. The number of aromatic nitrogens is 1. The highest BCUT2D eigenvalue weighted by atomic mass is 19.1. The van der Waals surface area contributed by atoms with Crippen LogP contribution < -0.4 is 5.32 Å². The van der Waals surface area contributed by atoms with Gasteiger partial charge in [-0.3, -0.25) is 9.59 Å². The number of halogens is 1. The van der Waals surface area contributed by atoms with E-state index in [1.54, 1.807) is 10.6 Å². The van der Waals surface area contributed by atoms with E-state index in [0.717, 1.165) is 28.6 Å². The molecule has 0 unspecified atom stereocenters. The molecule has 0 fully saturated rings. The molecule has 6 heteroatoms. The number of carboxylic acids is 1. The minimum absolute atomic E-state index is 0.00822. The van der Waals surface area contributed by atoms with Crippen molar-refractivity contribution < 1.29 is 19.1 Å². The van der Waals surface area contributed by atoms with Crippen LogP contribution in [0.1, 0.15) is 40.8 Å². The second kappa shape index (κ2) is 8.53. The summed E-state index contributed by atoms with van der Waals surface area (Å²) in [6.45, 7) is 3.97. The van der Waals surface area contributed by atoms with E-state index >= 15 is 0 Å². The molecule has 1 heterocycles. The monoisotopic (exact) mass is 422 g/mol. The number of carbonyl (C=O) groups is 2. The van der Waals surface area contributed by atoms with Crippen molar-refractivity contribution in [2.24, 2.45) is 0 Å². The number of fused-ring (bicyclic) bond motifs is 3. The highest BCUT2D eigenvalue weighted by molar-refractivity contribution is 5.87. The van der Waals surface area contributed by atoms with E-state index in [0.29, 0.717) is 25.7 Å². The van der Waals surface area contributed by atoms with Gasteiger partial charge < -0.3 is 15.0 Å². The standard InChI is InChI=1S/C25H27FN2O3/c1-15-3-4-17(16(2)11-15)5-10-24(29)27-19-7-9-23-21(13-19)20-12-18(26)6-8-22(20)28(23)14-25(30)31/h3-4,6,8,11-12,19H,5,7,9-10,13-14H2,1-2H3,(H,27,29)(H,30,31)/t19-/m0/s1. The van der Waals surface area contributed by atoms with E-state index < -0.39 is 5.97 Å². The van der Waals surface area contributed by atoms with E-state index in [-0.39, 0.29) is 24.3 Å². The van der Waals surface area contributed by atoms with Crippen molar-refractivity contribution in [2.45, 2.75) is 58.5 Å². The van der Waals surface area contributed by atoms with Crippen LogP contribution >= 0.6 is 0 Å². The molecule has 1 amide bonds. The van der Waals surface area contributed by atoms with Gasteiger partial charge >= 0.3 is 5.97 Å². The van der Waals surface area contributed by atoms with Crippen molar-refractivity contribution in [1.29, 1.82) is 0 Å². The summed E-state index contributed by atoms with van der Waals surface area (Å²) >= 11 is 0. The quantitative estimate of drug-likeness (QED) is 0.629. The third kappa shape index (κ3) is 4.48. The number of nitrogens with zero attached hydrogens (tertiary/aromatic N) is 1. The van der Waals surface area contributed by atoms with Crippen LogP contribution in [0.25, 0.3) is 10.9 Å². The fourth-order valence-corrected chi connectivity index (χ4v) is 4.74. The number of nitrogens with one attached hydrogen (secondary N) is 1. The average Bonchev–Trinajstić information content (AvgIpc) is 2.99. The van der Waals surface area contributed by atoms with Crippen molar-refractivity contribution in [3.05, 3.63) is 70.2 Å². The number of aryl methyl sites for hydroxylation is 3. The molecule has 1 aliphatic rings. The van der Waals surface area contributed by atoms with E-state index in [2.05, 4.69) is 37.4 Å². The highest BCUT2D eigenvalue weighted by Crippen LogP contribution is 2.33. The van der Waals surface area contributed by atoms with Crippen LogP contribution in [-0.2, 0) is 35.4 Å². The maximum atomic E-state index is 13.9. The number of aliphatic carboxylic acids is 1. The molecule has 0 bridgehead atoms. The Morgan fingerprint density at radius 1 is 1.19 bits per heavy atom. The lowest BCUT2D eigenvalue weighted by molar-refractivity contribution is -0.137. The van der Waals surface area contributed by atoms with E-state index in [4.69, 9.17) is 0 Å². The number of carbonyl (C=O) groups excluding carboxylic acids is 1. The van der Waals surface area contributed by atoms with Crippen molar-refractivity contribution in [3.8, 4) is 0 Å². The minimum atomic E-state index is -0.925. The minimum Gasteiger partial charge on any atom is -0.480 e. The van der Waals surface area contributed by atoms with Crippen molar-refractivity contribution in [2.75, 3.05) is 0 Å². The molecule has 2 aromatic carbocycles. The molecule has 3 aromatic rings. The summed E-state index contributed by atoms with van der Waals surface area (Å²) < 4.78 is 15.7. The van der Waals surface area contributed by atoms with Gasteiger partial charge in [0, 0.05) is 29.1 Å². The van der Waals surface area contributed by atoms with Crippen LogP contribution in [0.4, 0.5) is 4.39 Å². The number of hydrogen-bond donors (Lipinski definition) is 2. The zero-order chi connectivity index (χ0) is 22.1. The Bertz CT molecular complexity index is 1170. The molecular formula is C25H27FN2O3. The van der Waals surface area contributed by atoms with Crippen molar-refractivity contribution >= 4 is 22.8 Å². The third-order valence-electron chi connectivity index (χ3n) is 6.21. The number of carboxylic acid groups (broad SMARTS) is 1. The lowest BCUT2D eigenvalue weighted by Crippen LogP contribution is -2.39. The van der Waals surface area contributed by atoms with Gasteiger partial charge in [0.05, 0.1) is 0 Å². The van der Waals surface area contributed by atoms with Gasteiger partial charge in [0.2, 0.25) is 5.91 Å². The molecule has 5 nitrogen and oxygen atoms in total. The number of amides is 1. The lowest BCUT2D eigenvalue weighted by Gasteiger charge is -2.25. The molecule has 0 spiro atoms. The van der Waals surface area contributed by atoms with Crippen LogP contribution in [0.3, 0.4) is 0 Å². The Kier molecular flexibility index (Phi) is 5.81. The van der Waals surface area contributed by atoms with Gasteiger partial charge in [-0.25, -0.2) is 4.39 Å². The van der Waals surface area contributed by atoms with E-state index in [1.807, 2.05) is 0 Å². The molecule has 1 aromatic heterocycles. The van der Waals surface area contributed by atoms with Gasteiger partial charge in [-0.1, -0.05) is 23.8 Å². The number of benzene rings is 2. The van der Waals surface area contributed by atoms with Gasteiger partial charge in [-0.15, -0.1) is 0 Å². The molecule has 1 aliphatic carbocycles. The molecule has 1 atom stereocenters. The van der Waals surface area contributed by atoms with Crippen LogP contribution in [0.5, 0.6) is 0 Å². The second-order valence-corrected chi connectivity index (χ2v) is 8.50. The zero-order valence-electron chi connectivity index (χ0n) is 17.9.